The Morgan fingerprint density at radius 3 is 2.40 bits per heavy atom. The Labute approximate surface area is 145 Å². The topological polar surface area (TPSA) is 51.7 Å². The highest BCUT2D eigenvalue weighted by Gasteiger charge is 2.34. The Kier molecular flexibility index (Phi) is 4.71. The van der Waals surface area contributed by atoms with Gasteiger partial charge in [-0.25, -0.2) is 4.98 Å². The summed E-state index contributed by atoms with van der Waals surface area (Å²) < 4.78 is 45.7. The van der Waals surface area contributed by atoms with Crippen LogP contribution in [0.2, 0.25) is 5.02 Å². The maximum atomic E-state index is 12.2. The van der Waals surface area contributed by atoms with Crippen LogP contribution in [-0.2, 0) is 0 Å². The largest absolute Gasteiger partial charge is 0.573 e. The first-order valence-electron chi connectivity index (χ1n) is 7.23. The fraction of sp³-hybridized carbons (Fsp3) is 0.250. The molecule has 1 fully saturated rings. The number of halogens is 4. The van der Waals surface area contributed by atoms with Gasteiger partial charge < -0.3 is 14.4 Å². The summed E-state index contributed by atoms with van der Waals surface area (Å²) in [4.78, 5) is 17.8. The van der Waals surface area contributed by atoms with Crippen molar-refractivity contribution in [1.29, 1.82) is 0 Å². The quantitative estimate of drug-likeness (QED) is 0.823. The number of carbonyl (C=O) groups excluding carboxylic acids is 1. The van der Waals surface area contributed by atoms with Gasteiger partial charge in [0.15, 0.2) is 0 Å². The summed E-state index contributed by atoms with van der Waals surface area (Å²) >= 11 is 5.73. The molecule has 0 N–H and O–H groups in total. The molecular formula is C16H12ClF3N2O3. The first kappa shape index (κ1) is 17.3. The maximum absolute atomic E-state index is 12.2. The van der Waals surface area contributed by atoms with Crippen molar-refractivity contribution >= 4 is 17.5 Å². The van der Waals surface area contributed by atoms with Crippen molar-refractivity contribution in [3.63, 3.8) is 0 Å². The summed E-state index contributed by atoms with van der Waals surface area (Å²) in [6, 6.07) is 8.07. The predicted octanol–water partition coefficient (Wildman–Crippen LogP) is 3.54. The number of alkyl halides is 3. The summed E-state index contributed by atoms with van der Waals surface area (Å²) in [5.74, 6) is -0.250. The molecule has 0 unspecified atom stereocenters. The van der Waals surface area contributed by atoms with E-state index in [4.69, 9.17) is 16.3 Å². The average Bonchev–Trinajstić information content (AvgIpc) is 2.51. The molecule has 2 heterocycles. The molecule has 0 aliphatic carbocycles. The van der Waals surface area contributed by atoms with Crippen molar-refractivity contribution in [2.24, 2.45) is 0 Å². The van der Waals surface area contributed by atoms with E-state index in [2.05, 4.69) is 9.72 Å². The molecule has 1 saturated heterocycles. The Morgan fingerprint density at radius 2 is 1.84 bits per heavy atom. The molecule has 25 heavy (non-hydrogen) atoms. The Morgan fingerprint density at radius 1 is 1.16 bits per heavy atom. The average molecular weight is 373 g/mol. The fourth-order valence-electron chi connectivity index (χ4n) is 2.26. The van der Waals surface area contributed by atoms with Crippen molar-refractivity contribution in [2.45, 2.75) is 12.5 Å². The fourth-order valence-corrected chi connectivity index (χ4v) is 2.37. The zero-order chi connectivity index (χ0) is 18.0. The number of ether oxygens (including phenoxy) is 2. The standard InChI is InChI=1S/C16H12ClF3N2O3/c17-11-3-6-14(21-7-11)24-13-8-22(9-13)15(23)10-1-4-12(5-2-10)25-16(18,19)20/h1-7,13H,8-9H2. The van der Waals surface area contributed by atoms with Gasteiger partial charge in [0.2, 0.25) is 5.88 Å². The minimum atomic E-state index is -4.76. The van der Waals surface area contributed by atoms with Gasteiger partial charge in [0.1, 0.15) is 11.9 Å². The van der Waals surface area contributed by atoms with Gasteiger partial charge in [-0.3, -0.25) is 4.79 Å². The van der Waals surface area contributed by atoms with Crippen LogP contribution in [0.25, 0.3) is 0 Å². The molecule has 1 aromatic heterocycles. The van der Waals surface area contributed by atoms with E-state index >= 15 is 0 Å². The lowest BCUT2D eigenvalue weighted by Crippen LogP contribution is -2.56. The van der Waals surface area contributed by atoms with Gasteiger partial charge in [0.05, 0.1) is 18.1 Å². The highest BCUT2D eigenvalue weighted by atomic mass is 35.5. The second kappa shape index (κ2) is 6.79. The molecule has 9 heteroatoms. The summed E-state index contributed by atoms with van der Waals surface area (Å²) in [7, 11) is 0. The molecule has 3 rings (SSSR count). The number of pyridine rings is 1. The lowest BCUT2D eigenvalue weighted by molar-refractivity contribution is -0.274. The van der Waals surface area contributed by atoms with Crippen LogP contribution in [0.15, 0.2) is 42.6 Å². The zero-order valence-corrected chi connectivity index (χ0v) is 13.4. The lowest BCUT2D eigenvalue weighted by Gasteiger charge is -2.38. The Balaban J connectivity index is 1.52. The molecule has 5 nitrogen and oxygen atoms in total. The molecule has 0 bridgehead atoms. The van der Waals surface area contributed by atoms with Gasteiger partial charge in [0, 0.05) is 17.8 Å². The third-order valence-corrected chi connectivity index (χ3v) is 3.68. The van der Waals surface area contributed by atoms with Gasteiger partial charge >= 0.3 is 6.36 Å². The molecule has 0 radical (unpaired) electrons. The van der Waals surface area contributed by atoms with E-state index in [9.17, 15) is 18.0 Å². The maximum Gasteiger partial charge on any atom is 0.573 e. The van der Waals surface area contributed by atoms with Gasteiger partial charge in [-0.2, -0.15) is 0 Å². The van der Waals surface area contributed by atoms with Crippen molar-refractivity contribution in [2.75, 3.05) is 13.1 Å². The molecule has 0 saturated carbocycles. The SMILES string of the molecule is O=C(c1ccc(OC(F)(F)F)cc1)N1CC(Oc2ccc(Cl)cn2)C1. The van der Waals surface area contributed by atoms with Crippen LogP contribution in [0.4, 0.5) is 13.2 Å². The van der Waals surface area contributed by atoms with Crippen molar-refractivity contribution < 1.29 is 27.4 Å². The van der Waals surface area contributed by atoms with E-state index in [0.717, 1.165) is 12.1 Å². The predicted molar refractivity (Wildman–Crippen MR) is 82.7 cm³/mol. The van der Waals surface area contributed by atoms with Crippen LogP contribution < -0.4 is 9.47 Å². The van der Waals surface area contributed by atoms with Crippen molar-refractivity contribution in [3.05, 3.63) is 53.2 Å². The third-order valence-electron chi connectivity index (χ3n) is 3.46. The highest BCUT2D eigenvalue weighted by Crippen LogP contribution is 2.24. The number of hydrogen-bond donors (Lipinski definition) is 0. The Hall–Kier alpha value is -2.48. The van der Waals surface area contributed by atoms with E-state index < -0.39 is 6.36 Å². The second-order valence-corrected chi connectivity index (χ2v) is 5.77. The van der Waals surface area contributed by atoms with E-state index in [1.807, 2.05) is 0 Å². The number of carbonyl (C=O) groups is 1. The molecule has 1 aromatic carbocycles. The molecule has 0 atom stereocenters. The first-order valence-corrected chi connectivity index (χ1v) is 7.61. The summed E-state index contributed by atoms with van der Waals surface area (Å²) in [6.07, 6.45) is -3.49. The van der Waals surface area contributed by atoms with Crippen LogP contribution in [0, 0.1) is 0 Å². The summed E-state index contributed by atoms with van der Waals surface area (Å²) in [6.45, 7) is 0.730. The smallest absolute Gasteiger partial charge is 0.471 e. The highest BCUT2D eigenvalue weighted by molar-refractivity contribution is 6.30. The minimum Gasteiger partial charge on any atom is -0.471 e. The van der Waals surface area contributed by atoms with Crippen LogP contribution in [0.1, 0.15) is 10.4 Å². The summed E-state index contributed by atoms with van der Waals surface area (Å²) in [5, 5.41) is 0.496. The zero-order valence-electron chi connectivity index (χ0n) is 12.7. The molecule has 1 aliphatic heterocycles. The molecule has 1 amide bonds. The van der Waals surface area contributed by atoms with Gasteiger partial charge in [-0.15, -0.1) is 13.2 Å². The van der Waals surface area contributed by atoms with Gasteiger partial charge in [0.25, 0.3) is 5.91 Å². The van der Waals surface area contributed by atoms with Crippen LogP contribution in [-0.4, -0.2) is 41.3 Å². The molecule has 0 spiro atoms. The van der Waals surface area contributed by atoms with Gasteiger partial charge in [-0.1, -0.05) is 11.6 Å². The minimum absolute atomic E-state index is 0.189. The Bertz CT molecular complexity index is 745. The second-order valence-electron chi connectivity index (χ2n) is 5.34. The van der Waals surface area contributed by atoms with Crippen LogP contribution in [0.5, 0.6) is 11.6 Å². The molecular weight excluding hydrogens is 361 g/mol. The molecule has 2 aromatic rings. The van der Waals surface area contributed by atoms with Crippen molar-refractivity contribution in [1.82, 2.24) is 9.88 Å². The number of nitrogens with zero attached hydrogens (tertiary/aromatic N) is 2. The molecule has 1 aliphatic rings. The number of rotatable bonds is 4. The van der Waals surface area contributed by atoms with E-state index in [-0.39, 0.29) is 23.3 Å². The lowest BCUT2D eigenvalue weighted by atomic mass is 10.1. The monoisotopic (exact) mass is 372 g/mol. The number of aromatic nitrogens is 1. The first-order chi connectivity index (χ1) is 11.8. The number of hydrogen-bond acceptors (Lipinski definition) is 4. The molecule has 132 valence electrons. The number of benzene rings is 1. The number of amides is 1. The summed E-state index contributed by atoms with van der Waals surface area (Å²) in [5.41, 5.74) is 0.276. The normalized spacial score (nSPS) is 14.8. The van der Waals surface area contributed by atoms with E-state index in [0.29, 0.717) is 24.0 Å². The third kappa shape index (κ3) is 4.54. The van der Waals surface area contributed by atoms with E-state index in [1.165, 1.54) is 23.2 Å². The van der Waals surface area contributed by atoms with Crippen molar-refractivity contribution in [3.8, 4) is 11.6 Å². The number of likely N-dealkylation sites (tertiary alicyclic amines) is 1. The van der Waals surface area contributed by atoms with Crippen LogP contribution >= 0.6 is 11.6 Å². The van der Waals surface area contributed by atoms with Gasteiger partial charge in [-0.05, 0) is 30.3 Å². The van der Waals surface area contributed by atoms with Crippen LogP contribution in [0.3, 0.4) is 0 Å². The van der Waals surface area contributed by atoms with E-state index in [1.54, 1.807) is 12.1 Å².